The summed E-state index contributed by atoms with van der Waals surface area (Å²) in [7, 11) is -1.55. The van der Waals surface area contributed by atoms with E-state index in [4.69, 9.17) is 27.9 Å². The number of piperidine rings is 1. The average Bonchev–Trinajstić information content (AvgIpc) is 3.47. The molecule has 0 radical (unpaired) electrons. The molecule has 4 rings (SSSR count). The van der Waals surface area contributed by atoms with E-state index in [1.807, 2.05) is 0 Å². The zero-order chi connectivity index (χ0) is 30.3. The Labute approximate surface area is 258 Å². The summed E-state index contributed by atoms with van der Waals surface area (Å²) >= 11 is 12.4. The molecular formula is C29H39Cl2N5O5S. The molecule has 2 saturated heterocycles. The largest absolute Gasteiger partial charge is 0.455 e. The number of likely N-dealkylation sites (N-methyl/N-ethyl adjacent to an activating group) is 1. The maximum Gasteiger partial charge on any atom is 0.242 e. The molecule has 0 bridgehead atoms. The highest BCUT2D eigenvalue weighted by molar-refractivity contribution is 7.88. The maximum absolute atomic E-state index is 13.6. The van der Waals surface area contributed by atoms with E-state index in [0.29, 0.717) is 59.7 Å². The van der Waals surface area contributed by atoms with Gasteiger partial charge in [-0.15, -0.1) is 0 Å². The fourth-order valence-electron chi connectivity index (χ4n) is 5.31. The summed E-state index contributed by atoms with van der Waals surface area (Å²) in [5.74, 6) is 0.557. The lowest BCUT2D eigenvalue weighted by molar-refractivity contribution is -0.131. The van der Waals surface area contributed by atoms with Crippen LogP contribution in [0.3, 0.4) is 0 Å². The smallest absolute Gasteiger partial charge is 0.242 e. The molecule has 2 aliphatic heterocycles. The lowest BCUT2D eigenvalue weighted by Gasteiger charge is -2.36. The van der Waals surface area contributed by atoms with Gasteiger partial charge in [-0.1, -0.05) is 23.2 Å². The van der Waals surface area contributed by atoms with Crippen LogP contribution in [0.25, 0.3) is 0 Å². The van der Waals surface area contributed by atoms with Gasteiger partial charge in [0.25, 0.3) is 0 Å². The topological polar surface area (TPSA) is 102 Å². The van der Waals surface area contributed by atoms with Crippen LogP contribution in [0.4, 0.5) is 5.69 Å². The van der Waals surface area contributed by atoms with Gasteiger partial charge in [0.15, 0.2) is 5.75 Å². The molecule has 0 atom stereocenters. The summed E-state index contributed by atoms with van der Waals surface area (Å²) in [6.45, 7) is 3.92. The van der Waals surface area contributed by atoms with Crippen molar-refractivity contribution in [3.63, 3.8) is 0 Å². The first-order chi connectivity index (χ1) is 20.0. The van der Waals surface area contributed by atoms with Crippen LogP contribution in [0.2, 0.25) is 10.0 Å². The molecule has 2 aromatic rings. The van der Waals surface area contributed by atoms with Crippen molar-refractivity contribution in [1.29, 1.82) is 0 Å². The number of sulfonamides is 1. The van der Waals surface area contributed by atoms with Crippen molar-refractivity contribution in [1.82, 2.24) is 19.4 Å². The van der Waals surface area contributed by atoms with Crippen LogP contribution in [-0.2, 0) is 19.6 Å². The number of ether oxygens (including phenoxy) is 1. The summed E-state index contributed by atoms with van der Waals surface area (Å²) in [6, 6.07) is 11.9. The number of hydrogen-bond donors (Lipinski definition) is 1. The lowest BCUT2D eigenvalue weighted by Crippen LogP contribution is -2.50. The Balaban J connectivity index is 1.50. The Morgan fingerprint density at radius 3 is 2.26 bits per heavy atom. The molecule has 1 N–H and O–H groups in total. The Morgan fingerprint density at radius 1 is 0.976 bits per heavy atom. The number of amides is 2. The third-order valence-electron chi connectivity index (χ3n) is 7.75. The van der Waals surface area contributed by atoms with Gasteiger partial charge in [0, 0.05) is 49.3 Å². The SMILES string of the molecule is CN(C(=O)CN(CC(=O)NCCN1CCCC1)c1cc(Cl)ccc1Oc1ccc(Cl)cc1)C1CCN(S(C)(=O)=O)CC1. The van der Waals surface area contributed by atoms with Gasteiger partial charge in [-0.3, -0.25) is 9.59 Å². The second-order valence-electron chi connectivity index (χ2n) is 10.8. The molecule has 2 amide bonds. The van der Waals surface area contributed by atoms with E-state index in [9.17, 15) is 18.0 Å². The zero-order valence-electron chi connectivity index (χ0n) is 24.1. The molecule has 230 valence electrons. The van der Waals surface area contributed by atoms with Crippen LogP contribution in [0.5, 0.6) is 11.5 Å². The van der Waals surface area contributed by atoms with Crippen molar-refractivity contribution in [2.45, 2.75) is 31.7 Å². The molecule has 0 aliphatic carbocycles. The van der Waals surface area contributed by atoms with E-state index in [1.165, 1.54) is 23.4 Å². The Kier molecular flexibility index (Phi) is 11.4. The fourth-order valence-corrected chi connectivity index (χ4v) is 6.47. The molecule has 0 spiro atoms. The molecule has 0 saturated carbocycles. The molecule has 42 heavy (non-hydrogen) atoms. The summed E-state index contributed by atoms with van der Waals surface area (Å²) in [5, 5.41) is 3.99. The second kappa shape index (κ2) is 14.7. The minimum absolute atomic E-state index is 0.0799. The normalized spacial score (nSPS) is 16.8. The lowest BCUT2D eigenvalue weighted by atomic mass is 10.1. The Morgan fingerprint density at radius 2 is 1.62 bits per heavy atom. The van der Waals surface area contributed by atoms with Crippen molar-refractivity contribution in [2.24, 2.45) is 0 Å². The van der Waals surface area contributed by atoms with Gasteiger partial charge < -0.3 is 24.8 Å². The van der Waals surface area contributed by atoms with Gasteiger partial charge in [0.2, 0.25) is 21.8 Å². The second-order valence-corrected chi connectivity index (χ2v) is 13.7. The number of carbonyl (C=O) groups excluding carboxylic acids is 2. The highest BCUT2D eigenvalue weighted by Crippen LogP contribution is 2.35. The number of hydrogen-bond acceptors (Lipinski definition) is 7. The van der Waals surface area contributed by atoms with Crippen LogP contribution in [-0.4, -0.2) is 106 Å². The molecule has 0 unspecified atom stereocenters. The van der Waals surface area contributed by atoms with Crippen LogP contribution >= 0.6 is 23.2 Å². The molecule has 2 aromatic carbocycles. The predicted molar refractivity (Wildman–Crippen MR) is 166 cm³/mol. The predicted octanol–water partition coefficient (Wildman–Crippen LogP) is 3.69. The van der Waals surface area contributed by atoms with Gasteiger partial charge in [0.1, 0.15) is 5.75 Å². The number of nitrogens with zero attached hydrogens (tertiary/aromatic N) is 4. The van der Waals surface area contributed by atoms with E-state index in [1.54, 1.807) is 59.3 Å². The standard InChI is InChI=1S/C29H39Cl2N5O5S/c1-33(24-11-16-36(17-12-24)42(2,39)40)29(38)21-35(20-28(37)32-13-18-34-14-3-4-15-34)26-19-23(31)7-10-27(26)41-25-8-5-22(30)6-9-25/h5-10,19,24H,3-4,11-18,20-21H2,1-2H3,(H,32,37). The fraction of sp³-hybridized carbons (Fsp3) is 0.517. The van der Waals surface area contributed by atoms with Gasteiger partial charge in [-0.2, -0.15) is 0 Å². The molecule has 2 heterocycles. The number of likely N-dealkylation sites (tertiary alicyclic amines) is 1. The summed E-state index contributed by atoms with van der Waals surface area (Å²) < 4.78 is 31.4. The van der Waals surface area contributed by atoms with Crippen molar-refractivity contribution >= 4 is 50.7 Å². The Hall–Kier alpha value is -2.57. The Bertz CT molecular complexity index is 1330. The monoisotopic (exact) mass is 639 g/mol. The average molecular weight is 641 g/mol. The number of rotatable bonds is 12. The molecule has 10 nitrogen and oxygen atoms in total. The van der Waals surface area contributed by atoms with E-state index in [2.05, 4.69) is 10.2 Å². The zero-order valence-corrected chi connectivity index (χ0v) is 26.4. The molecule has 13 heteroatoms. The first-order valence-corrected chi connectivity index (χ1v) is 16.8. The number of benzene rings is 2. The number of halogens is 2. The van der Waals surface area contributed by atoms with Gasteiger partial charge in [-0.05, 0) is 81.2 Å². The van der Waals surface area contributed by atoms with Crippen LogP contribution < -0.4 is 15.0 Å². The van der Waals surface area contributed by atoms with Crippen molar-refractivity contribution in [3.05, 3.63) is 52.5 Å². The summed E-state index contributed by atoms with van der Waals surface area (Å²) in [4.78, 5) is 32.4. The van der Waals surface area contributed by atoms with Gasteiger partial charge in [-0.25, -0.2) is 12.7 Å². The first kappa shape index (κ1) is 32.3. The third kappa shape index (κ3) is 9.21. The maximum atomic E-state index is 13.6. The van der Waals surface area contributed by atoms with Gasteiger partial charge in [0.05, 0.1) is 25.0 Å². The molecule has 0 aromatic heterocycles. The van der Waals surface area contributed by atoms with E-state index in [-0.39, 0.29) is 30.9 Å². The highest BCUT2D eigenvalue weighted by atomic mass is 35.5. The summed E-state index contributed by atoms with van der Waals surface area (Å²) in [5.41, 5.74) is 0.501. The first-order valence-electron chi connectivity index (χ1n) is 14.2. The highest BCUT2D eigenvalue weighted by Gasteiger charge is 2.30. The quantitative estimate of drug-likeness (QED) is 0.378. The van der Waals surface area contributed by atoms with Crippen molar-refractivity contribution in [2.75, 3.05) is 70.6 Å². The van der Waals surface area contributed by atoms with E-state index in [0.717, 1.165) is 19.6 Å². The van der Waals surface area contributed by atoms with Crippen LogP contribution in [0, 0.1) is 0 Å². The minimum Gasteiger partial charge on any atom is -0.455 e. The van der Waals surface area contributed by atoms with E-state index >= 15 is 0 Å². The van der Waals surface area contributed by atoms with Crippen LogP contribution in [0.1, 0.15) is 25.7 Å². The van der Waals surface area contributed by atoms with Crippen LogP contribution in [0.15, 0.2) is 42.5 Å². The molecular weight excluding hydrogens is 601 g/mol. The third-order valence-corrected chi connectivity index (χ3v) is 9.54. The number of anilines is 1. The molecule has 2 fully saturated rings. The number of nitrogens with one attached hydrogen (secondary N) is 1. The van der Waals surface area contributed by atoms with Gasteiger partial charge >= 0.3 is 0 Å². The number of carbonyl (C=O) groups is 2. The van der Waals surface area contributed by atoms with Crippen molar-refractivity contribution in [3.8, 4) is 11.5 Å². The molecule has 2 aliphatic rings. The minimum atomic E-state index is -3.27. The van der Waals surface area contributed by atoms with Crippen molar-refractivity contribution < 1.29 is 22.7 Å². The van der Waals surface area contributed by atoms with E-state index < -0.39 is 10.0 Å². The summed E-state index contributed by atoms with van der Waals surface area (Å²) in [6.07, 6.45) is 4.62.